The van der Waals surface area contributed by atoms with Crippen molar-refractivity contribution in [2.24, 2.45) is 0 Å². The van der Waals surface area contributed by atoms with E-state index in [9.17, 15) is 10.2 Å². The molecular weight excluding hydrogens is 276 g/mol. The number of benzene rings is 2. The molecule has 110 valence electrons. The van der Waals surface area contributed by atoms with Crippen LogP contribution in [-0.2, 0) is 6.42 Å². The minimum Gasteiger partial charge on any atom is -0.504 e. The number of phenols is 2. The van der Waals surface area contributed by atoms with Crippen molar-refractivity contribution in [2.45, 2.75) is 12.5 Å². The molecule has 3 N–H and O–H groups in total. The lowest BCUT2D eigenvalue weighted by atomic mass is 9.88. The van der Waals surface area contributed by atoms with E-state index in [0.717, 1.165) is 40.4 Å². The number of phenolic OH excluding ortho intramolecular Hbond substituents is 2. The Labute approximate surface area is 128 Å². The number of pyridine rings is 1. The zero-order chi connectivity index (χ0) is 15.1. The Morgan fingerprint density at radius 1 is 1.00 bits per heavy atom. The van der Waals surface area contributed by atoms with E-state index >= 15 is 0 Å². The van der Waals surface area contributed by atoms with Gasteiger partial charge in [0.05, 0.1) is 6.04 Å². The maximum Gasteiger partial charge on any atom is 0.157 e. The minimum absolute atomic E-state index is 0.0335. The third kappa shape index (κ3) is 2.00. The second-order valence-corrected chi connectivity index (χ2v) is 5.63. The van der Waals surface area contributed by atoms with Crippen LogP contribution in [-0.4, -0.2) is 21.7 Å². The summed E-state index contributed by atoms with van der Waals surface area (Å²) in [4.78, 5) is 4.35. The third-order valence-electron chi connectivity index (χ3n) is 4.30. The second-order valence-electron chi connectivity index (χ2n) is 5.63. The van der Waals surface area contributed by atoms with Gasteiger partial charge in [-0.15, -0.1) is 0 Å². The fourth-order valence-corrected chi connectivity index (χ4v) is 3.23. The van der Waals surface area contributed by atoms with Crippen molar-refractivity contribution < 1.29 is 10.2 Å². The van der Waals surface area contributed by atoms with Gasteiger partial charge in [-0.05, 0) is 40.6 Å². The molecule has 0 amide bonds. The number of hydrogen-bond donors (Lipinski definition) is 3. The zero-order valence-electron chi connectivity index (χ0n) is 12.0. The van der Waals surface area contributed by atoms with Gasteiger partial charge in [-0.25, -0.2) is 0 Å². The Bertz CT molecular complexity index is 856. The van der Waals surface area contributed by atoms with E-state index < -0.39 is 0 Å². The fourth-order valence-electron chi connectivity index (χ4n) is 3.23. The third-order valence-corrected chi connectivity index (χ3v) is 4.30. The first-order valence-electron chi connectivity index (χ1n) is 7.35. The van der Waals surface area contributed by atoms with Crippen molar-refractivity contribution in [3.63, 3.8) is 0 Å². The van der Waals surface area contributed by atoms with Gasteiger partial charge < -0.3 is 15.5 Å². The molecule has 0 fully saturated rings. The van der Waals surface area contributed by atoms with Gasteiger partial charge >= 0.3 is 0 Å². The summed E-state index contributed by atoms with van der Waals surface area (Å²) >= 11 is 0. The van der Waals surface area contributed by atoms with Crippen LogP contribution in [0.2, 0.25) is 0 Å². The first kappa shape index (κ1) is 13.1. The quantitative estimate of drug-likeness (QED) is 0.603. The van der Waals surface area contributed by atoms with Gasteiger partial charge in [-0.2, -0.15) is 0 Å². The molecule has 3 aromatic rings. The van der Waals surface area contributed by atoms with E-state index in [1.807, 2.05) is 30.6 Å². The van der Waals surface area contributed by atoms with Crippen LogP contribution in [0.5, 0.6) is 11.5 Å². The molecule has 0 radical (unpaired) electrons. The van der Waals surface area contributed by atoms with Crippen LogP contribution in [0.1, 0.15) is 22.7 Å². The Morgan fingerprint density at radius 3 is 2.73 bits per heavy atom. The number of hydrogen-bond acceptors (Lipinski definition) is 4. The second kappa shape index (κ2) is 5.00. The standard InChI is InChI=1S/C18H16N2O2/c21-16-7-11-5-6-20-18(14(11)8-17(16)22)15-10-19-9-12-3-1-2-4-13(12)15/h1-4,7-10,18,20-22H,5-6H2. The molecule has 1 aliphatic heterocycles. The maximum absolute atomic E-state index is 9.86. The molecule has 2 heterocycles. The van der Waals surface area contributed by atoms with Crippen LogP contribution in [0, 0.1) is 0 Å². The Morgan fingerprint density at radius 2 is 1.82 bits per heavy atom. The molecule has 4 rings (SSSR count). The molecule has 0 bridgehead atoms. The highest BCUT2D eigenvalue weighted by Crippen LogP contribution is 2.37. The van der Waals surface area contributed by atoms with Crippen molar-refractivity contribution in [3.8, 4) is 11.5 Å². The number of fused-ring (bicyclic) bond motifs is 2. The van der Waals surface area contributed by atoms with E-state index in [1.54, 1.807) is 12.1 Å². The first-order valence-corrected chi connectivity index (χ1v) is 7.35. The molecule has 4 nitrogen and oxygen atoms in total. The molecule has 4 heteroatoms. The van der Waals surface area contributed by atoms with Gasteiger partial charge in [0.15, 0.2) is 11.5 Å². The molecular formula is C18H16N2O2. The molecule has 0 aliphatic carbocycles. The average Bonchev–Trinajstić information content (AvgIpc) is 2.55. The molecule has 2 aromatic carbocycles. The number of nitrogens with one attached hydrogen (secondary N) is 1. The van der Waals surface area contributed by atoms with Gasteiger partial charge in [-0.3, -0.25) is 4.98 Å². The summed E-state index contributed by atoms with van der Waals surface area (Å²) in [6.07, 6.45) is 4.56. The van der Waals surface area contributed by atoms with E-state index in [0.29, 0.717) is 0 Å². The number of aromatic nitrogens is 1. The monoisotopic (exact) mass is 292 g/mol. The Balaban J connectivity index is 1.93. The minimum atomic E-state index is -0.0827. The summed E-state index contributed by atoms with van der Waals surface area (Å²) in [6, 6.07) is 11.4. The number of nitrogens with zero attached hydrogens (tertiary/aromatic N) is 1. The van der Waals surface area contributed by atoms with Crippen molar-refractivity contribution >= 4 is 10.8 Å². The Hall–Kier alpha value is -2.59. The average molecular weight is 292 g/mol. The van der Waals surface area contributed by atoms with Crippen molar-refractivity contribution in [1.29, 1.82) is 0 Å². The maximum atomic E-state index is 9.86. The molecule has 0 saturated heterocycles. The molecule has 1 aliphatic rings. The first-order chi connectivity index (χ1) is 10.7. The Kier molecular flexibility index (Phi) is 2.98. The number of rotatable bonds is 1. The molecule has 0 saturated carbocycles. The van der Waals surface area contributed by atoms with E-state index in [4.69, 9.17) is 0 Å². The lowest BCUT2D eigenvalue weighted by molar-refractivity contribution is 0.400. The van der Waals surface area contributed by atoms with Gasteiger partial charge in [0.25, 0.3) is 0 Å². The summed E-state index contributed by atoms with van der Waals surface area (Å²) in [5, 5.41) is 25.3. The molecule has 1 aromatic heterocycles. The molecule has 1 atom stereocenters. The van der Waals surface area contributed by atoms with Crippen LogP contribution in [0.15, 0.2) is 48.8 Å². The van der Waals surface area contributed by atoms with Gasteiger partial charge in [0.1, 0.15) is 0 Å². The lowest BCUT2D eigenvalue weighted by Crippen LogP contribution is -2.30. The van der Waals surface area contributed by atoms with Crippen LogP contribution >= 0.6 is 0 Å². The van der Waals surface area contributed by atoms with Crippen molar-refractivity contribution in [2.75, 3.05) is 6.54 Å². The summed E-state index contributed by atoms with van der Waals surface area (Å²) < 4.78 is 0. The zero-order valence-corrected chi connectivity index (χ0v) is 12.0. The highest BCUT2D eigenvalue weighted by Gasteiger charge is 2.24. The summed E-state index contributed by atoms with van der Waals surface area (Å²) in [6.45, 7) is 0.825. The summed E-state index contributed by atoms with van der Waals surface area (Å²) in [5.74, 6) is -0.143. The smallest absolute Gasteiger partial charge is 0.157 e. The predicted molar refractivity (Wildman–Crippen MR) is 85.1 cm³/mol. The van der Waals surface area contributed by atoms with E-state index in [-0.39, 0.29) is 17.5 Å². The summed E-state index contributed by atoms with van der Waals surface area (Å²) in [5.41, 5.74) is 3.15. The van der Waals surface area contributed by atoms with Crippen molar-refractivity contribution in [1.82, 2.24) is 10.3 Å². The van der Waals surface area contributed by atoms with E-state index in [2.05, 4.69) is 16.4 Å². The highest BCUT2D eigenvalue weighted by atomic mass is 16.3. The molecule has 0 spiro atoms. The molecule has 22 heavy (non-hydrogen) atoms. The van der Waals surface area contributed by atoms with Crippen LogP contribution in [0.3, 0.4) is 0 Å². The van der Waals surface area contributed by atoms with Crippen LogP contribution in [0.25, 0.3) is 10.8 Å². The topological polar surface area (TPSA) is 65.4 Å². The van der Waals surface area contributed by atoms with Gasteiger partial charge in [-0.1, -0.05) is 24.3 Å². The normalized spacial score (nSPS) is 17.4. The van der Waals surface area contributed by atoms with Gasteiger partial charge in [0, 0.05) is 24.3 Å². The van der Waals surface area contributed by atoms with Gasteiger partial charge in [0.2, 0.25) is 0 Å². The van der Waals surface area contributed by atoms with E-state index in [1.165, 1.54) is 0 Å². The lowest BCUT2D eigenvalue weighted by Gasteiger charge is -2.28. The fraction of sp³-hybridized carbons (Fsp3) is 0.167. The SMILES string of the molecule is Oc1cc2c(cc1O)C(c1cncc3ccccc13)NCC2. The van der Waals surface area contributed by atoms with Crippen molar-refractivity contribution in [3.05, 3.63) is 65.5 Å². The largest absolute Gasteiger partial charge is 0.504 e. The number of aromatic hydroxyl groups is 2. The summed E-state index contributed by atoms with van der Waals surface area (Å²) in [7, 11) is 0. The highest BCUT2D eigenvalue weighted by molar-refractivity contribution is 5.85. The predicted octanol–water partition coefficient (Wildman–Crippen LogP) is 2.88. The van der Waals surface area contributed by atoms with Crippen LogP contribution < -0.4 is 5.32 Å². The molecule has 1 unspecified atom stereocenters. The van der Waals surface area contributed by atoms with Crippen LogP contribution in [0.4, 0.5) is 0 Å².